The van der Waals surface area contributed by atoms with Crippen molar-refractivity contribution in [1.82, 2.24) is 0 Å². The highest BCUT2D eigenvalue weighted by Crippen LogP contribution is 2.41. The van der Waals surface area contributed by atoms with Crippen LogP contribution in [0, 0.1) is 10.1 Å². The number of carboxylic acids is 1. The Labute approximate surface area is 189 Å². The minimum absolute atomic E-state index is 0.000840. The summed E-state index contributed by atoms with van der Waals surface area (Å²) in [5, 5.41) is 20.3. The number of aromatic carboxylic acids is 1. The second kappa shape index (κ2) is 10.3. The monoisotopic (exact) mass is 451 g/mol. The third kappa shape index (κ3) is 5.27. The van der Waals surface area contributed by atoms with E-state index in [1.54, 1.807) is 18.2 Å². The molecule has 1 N–H and O–H groups in total. The highest BCUT2D eigenvalue weighted by atomic mass is 16.6. The summed E-state index contributed by atoms with van der Waals surface area (Å²) in [6.07, 6.45) is 0.684. The number of carboxylic acid groups (broad SMARTS) is 1. The van der Waals surface area contributed by atoms with Gasteiger partial charge < -0.3 is 19.3 Å². The molecule has 0 aromatic heterocycles. The van der Waals surface area contributed by atoms with Gasteiger partial charge in [0.05, 0.1) is 29.8 Å². The highest BCUT2D eigenvalue weighted by molar-refractivity contribution is 5.96. The molecular formula is C24H21NO8. The van der Waals surface area contributed by atoms with Crippen molar-refractivity contribution in [3.05, 3.63) is 81.9 Å². The number of nitrogens with zero attached hydrogens (tertiary/aromatic N) is 1. The van der Waals surface area contributed by atoms with Crippen LogP contribution in [0.4, 0.5) is 5.69 Å². The van der Waals surface area contributed by atoms with E-state index in [1.165, 1.54) is 49.6 Å². The Kier molecular flexibility index (Phi) is 7.24. The molecular weight excluding hydrogens is 430 g/mol. The number of hydrogen-bond acceptors (Lipinski definition) is 7. The molecule has 0 fully saturated rings. The average molecular weight is 451 g/mol. The molecule has 0 radical (unpaired) electrons. The summed E-state index contributed by atoms with van der Waals surface area (Å²) in [6.45, 7) is 2.23. The summed E-state index contributed by atoms with van der Waals surface area (Å²) in [7, 11) is 1.47. The Hall–Kier alpha value is -4.40. The van der Waals surface area contributed by atoms with E-state index < -0.39 is 16.9 Å². The summed E-state index contributed by atoms with van der Waals surface area (Å²) >= 11 is 0. The van der Waals surface area contributed by atoms with E-state index in [4.69, 9.17) is 14.2 Å². The van der Waals surface area contributed by atoms with E-state index in [-0.39, 0.29) is 28.3 Å². The van der Waals surface area contributed by atoms with Crippen LogP contribution in [0.3, 0.4) is 0 Å². The lowest BCUT2D eigenvalue weighted by atomic mass is 9.98. The first-order chi connectivity index (χ1) is 15.8. The predicted molar refractivity (Wildman–Crippen MR) is 119 cm³/mol. The number of hydrogen-bond donors (Lipinski definition) is 1. The maximum absolute atomic E-state index is 12.5. The molecule has 3 rings (SSSR count). The van der Waals surface area contributed by atoms with Crippen molar-refractivity contribution in [3.63, 3.8) is 0 Å². The van der Waals surface area contributed by atoms with Gasteiger partial charge in [-0.1, -0.05) is 19.1 Å². The van der Waals surface area contributed by atoms with E-state index in [0.29, 0.717) is 29.9 Å². The molecule has 3 aromatic carbocycles. The number of ether oxygens (including phenoxy) is 3. The number of carbonyl (C=O) groups excluding carboxylic acids is 1. The van der Waals surface area contributed by atoms with Gasteiger partial charge in [-0.05, 0) is 48.4 Å². The lowest BCUT2D eigenvalue weighted by Crippen LogP contribution is -2.09. The molecule has 9 nitrogen and oxygen atoms in total. The van der Waals surface area contributed by atoms with Gasteiger partial charge >= 0.3 is 11.9 Å². The van der Waals surface area contributed by atoms with Crippen molar-refractivity contribution >= 4 is 17.6 Å². The first-order valence-electron chi connectivity index (χ1n) is 9.99. The Morgan fingerprint density at radius 2 is 1.67 bits per heavy atom. The van der Waals surface area contributed by atoms with Gasteiger partial charge in [-0.25, -0.2) is 9.59 Å². The van der Waals surface area contributed by atoms with Gasteiger partial charge in [-0.15, -0.1) is 0 Å². The molecule has 0 aliphatic rings. The van der Waals surface area contributed by atoms with Crippen LogP contribution in [0.2, 0.25) is 0 Å². The number of benzene rings is 3. The zero-order valence-corrected chi connectivity index (χ0v) is 17.9. The molecule has 3 aromatic rings. The standard InChI is InChI=1S/C24H21NO8/c1-3-14-32-22-19(23(26)27)12-13-20(31-2)21(22)15-4-6-16(7-5-15)24(28)33-18-10-8-17(9-11-18)25(29)30/h4-13H,3,14H2,1-2H3,(H,26,27). The van der Waals surface area contributed by atoms with Gasteiger partial charge in [0.25, 0.3) is 5.69 Å². The lowest BCUT2D eigenvalue weighted by molar-refractivity contribution is -0.384. The Balaban J connectivity index is 1.91. The van der Waals surface area contributed by atoms with E-state index in [1.807, 2.05) is 6.92 Å². The zero-order chi connectivity index (χ0) is 24.0. The minimum Gasteiger partial charge on any atom is -0.496 e. The van der Waals surface area contributed by atoms with E-state index in [2.05, 4.69) is 0 Å². The van der Waals surface area contributed by atoms with Crippen molar-refractivity contribution in [1.29, 1.82) is 0 Å². The number of carbonyl (C=O) groups is 2. The van der Waals surface area contributed by atoms with Crippen LogP contribution in [0.1, 0.15) is 34.1 Å². The fourth-order valence-corrected chi connectivity index (χ4v) is 3.11. The quantitative estimate of drug-likeness (QED) is 0.209. The second-order valence-corrected chi connectivity index (χ2v) is 6.89. The SMILES string of the molecule is CCCOc1c(C(=O)O)ccc(OC)c1-c1ccc(C(=O)Oc2ccc([N+](=O)[O-])cc2)cc1. The van der Waals surface area contributed by atoms with Gasteiger partial charge in [0, 0.05) is 12.1 Å². The second-order valence-electron chi connectivity index (χ2n) is 6.89. The molecule has 0 saturated heterocycles. The van der Waals surface area contributed by atoms with Crippen molar-refractivity contribution < 1.29 is 33.8 Å². The van der Waals surface area contributed by atoms with Crippen LogP contribution in [0.5, 0.6) is 17.2 Å². The number of esters is 1. The van der Waals surface area contributed by atoms with Crippen LogP contribution in [-0.4, -0.2) is 35.7 Å². The van der Waals surface area contributed by atoms with E-state index in [9.17, 15) is 24.8 Å². The summed E-state index contributed by atoms with van der Waals surface area (Å²) in [5.74, 6) is -1.00. The summed E-state index contributed by atoms with van der Waals surface area (Å²) in [6, 6.07) is 14.5. The topological polar surface area (TPSA) is 125 Å². The van der Waals surface area contributed by atoms with Crippen LogP contribution in [0.25, 0.3) is 11.1 Å². The smallest absolute Gasteiger partial charge is 0.343 e. The van der Waals surface area contributed by atoms with Gasteiger partial charge in [0.2, 0.25) is 0 Å². The van der Waals surface area contributed by atoms with Gasteiger partial charge in [0.1, 0.15) is 22.8 Å². The normalized spacial score (nSPS) is 10.4. The van der Waals surface area contributed by atoms with Crippen molar-refractivity contribution in [3.8, 4) is 28.4 Å². The molecule has 0 aliphatic heterocycles. The fourth-order valence-electron chi connectivity index (χ4n) is 3.11. The molecule has 0 saturated carbocycles. The van der Waals surface area contributed by atoms with E-state index in [0.717, 1.165) is 0 Å². The molecule has 170 valence electrons. The minimum atomic E-state index is -1.13. The van der Waals surface area contributed by atoms with Crippen LogP contribution >= 0.6 is 0 Å². The fraction of sp³-hybridized carbons (Fsp3) is 0.167. The number of nitro benzene ring substituents is 1. The largest absolute Gasteiger partial charge is 0.496 e. The maximum atomic E-state index is 12.5. The van der Waals surface area contributed by atoms with Crippen molar-refractivity contribution in [2.24, 2.45) is 0 Å². The molecule has 9 heteroatoms. The van der Waals surface area contributed by atoms with Gasteiger partial charge in [-0.2, -0.15) is 0 Å². The summed E-state index contributed by atoms with van der Waals surface area (Å²) in [4.78, 5) is 34.4. The molecule has 33 heavy (non-hydrogen) atoms. The van der Waals surface area contributed by atoms with Crippen LogP contribution < -0.4 is 14.2 Å². The van der Waals surface area contributed by atoms with Crippen LogP contribution in [0.15, 0.2) is 60.7 Å². The number of nitro groups is 1. The number of methoxy groups -OCH3 is 1. The Bertz CT molecular complexity index is 1170. The number of non-ortho nitro benzene ring substituents is 1. The van der Waals surface area contributed by atoms with Crippen molar-refractivity contribution in [2.45, 2.75) is 13.3 Å². The summed E-state index contributed by atoms with van der Waals surface area (Å²) in [5.41, 5.74) is 1.18. The Morgan fingerprint density at radius 1 is 1.00 bits per heavy atom. The van der Waals surface area contributed by atoms with Crippen LogP contribution in [-0.2, 0) is 0 Å². The molecule has 0 amide bonds. The van der Waals surface area contributed by atoms with Crippen molar-refractivity contribution in [2.75, 3.05) is 13.7 Å². The lowest BCUT2D eigenvalue weighted by Gasteiger charge is -2.17. The molecule has 0 heterocycles. The first-order valence-corrected chi connectivity index (χ1v) is 9.99. The Morgan fingerprint density at radius 3 is 2.21 bits per heavy atom. The number of rotatable bonds is 9. The average Bonchev–Trinajstić information content (AvgIpc) is 2.82. The van der Waals surface area contributed by atoms with E-state index >= 15 is 0 Å². The first kappa shape index (κ1) is 23.3. The predicted octanol–water partition coefficient (Wildman–Crippen LogP) is 4.98. The maximum Gasteiger partial charge on any atom is 0.343 e. The third-order valence-electron chi connectivity index (χ3n) is 4.69. The molecule has 0 bridgehead atoms. The molecule has 0 atom stereocenters. The van der Waals surface area contributed by atoms with Gasteiger partial charge in [0.15, 0.2) is 0 Å². The highest BCUT2D eigenvalue weighted by Gasteiger charge is 2.22. The zero-order valence-electron chi connectivity index (χ0n) is 17.9. The molecule has 0 spiro atoms. The molecule has 0 aliphatic carbocycles. The summed E-state index contributed by atoms with van der Waals surface area (Å²) < 4.78 is 16.4. The third-order valence-corrected chi connectivity index (χ3v) is 4.69. The molecule has 0 unspecified atom stereocenters. The van der Waals surface area contributed by atoms with Gasteiger partial charge in [-0.3, -0.25) is 10.1 Å².